The quantitative estimate of drug-likeness (QED) is 0.758. The van der Waals surface area contributed by atoms with Crippen molar-refractivity contribution in [2.75, 3.05) is 0 Å². The van der Waals surface area contributed by atoms with E-state index in [1.54, 1.807) is 24.3 Å². The summed E-state index contributed by atoms with van der Waals surface area (Å²) >= 11 is 0. The SMILES string of the molecule is C[C@@H](O)C1(c2ccccc2-c2cc(-c3ccc(O)cc3)no2)CC1. The fourth-order valence-corrected chi connectivity index (χ4v) is 3.35. The van der Waals surface area contributed by atoms with Crippen LogP contribution in [0, 0.1) is 0 Å². The number of nitrogens with zero attached hydrogens (tertiary/aromatic N) is 1. The Balaban J connectivity index is 1.75. The molecule has 0 aliphatic heterocycles. The van der Waals surface area contributed by atoms with E-state index in [-0.39, 0.29) is 11.2 Å². The minimum absolute atomic E-state index is 0.165. The number of rotatable bonds is 4. The molecule has 1 atom stereocenters. The molecule has 1 aliphatic rings. The monoisotopic (exact) mass is 321 g/mol. The van der Waals surface area contributed by atoms with Crippen molar-refractivity contribution in [3.8, 4) is 28.3 Å². The first kappa shape index (κ1) is 15.0. The van der Waals surface area contributed by atoms with Gasteiger partial charge in [-0.2, -0.15) is 0 Å². The van der Waals surface area contributed by atoms with E-state index < -0.39 is 6.10 Å². The summed E-state index contributed by atoms with van der Waals surface area (Å²) in [6, 6.07) is 16.8. The Kier molecular flexibility index (Phi) is 3.43. The van der Waals surface area contributed by atoms with E-state index in [2.05, 4.69) is 11.2 Å². The molecule has 24 heavy (non-hydrogen) atoms. The number of aromatic hydroxyl groups is 1. The van der Waals surface area contributed by atoms with Crippen molar-refractivity contribution in [2.45, 2.75) is 31.3 Å². The zero-order chi connectivity index (χ0) is 16.7. The maximum Gasteiger partial charge on any atom is 0.167 e. The fraction of sp³-hybridized carbons (Fsp3) is 0.250. The average Bonchev–Trinajstić information content (AvgIpc) is 3.27. The summed E-state index contributed by atoms with van der Waals surface area (Å²) in [7, 11) is 0. The summed E-state index contributed by atoms with van der Waals surface area (Å²) in [6.07, 6.45) is 1.58. The molecule has 0 bridgehead atoms. The fourth-order valence-electron chi connectivity index (χ4n) is 3.35. The lowest BCUT2D eigenvalue weighted by molar-refractivity contribution is 0.151. The van der Waals surface area contributed by atoms with Gasteiger partial charge in [0.15, 0.2) is 5.76 Å². The highest BCUT2D eigenvalue weighted by Gasteiger charge is 2.49. The second-order valence-corrected chi connectivity index (χ2v) is 6.50. The van der Waals surface area contributed by atoms with Crippen LogP contribution in [-0.2, 0) is 5.41 Å². The van der Waals surface area contributed by atoms with E-state index >= 15 is 0 Å². The molecule has 0 spiro atoms. The van der Waals surface area contributed by atoms with Crippen LogP contribution in [-0.4, -0.2) is 21.5 Å². The highest BCUT2D eigenvalue weighted by molar-refractivity contribution is 5.70. The molecule has 3 aromatic rings. The Morgan fingerprint density at radius 1 is 1.08 bits per heavy atom. The highest BCUT2D eigenvalue weighted by atomic mass is 16.5. The first-order valence-corrected chi connectivity index (χ1v) is 8.14. The molecule has 1 heterocycles. The van der Waals surface area contributed by atoms with E-state index in [4.69, 9.17) is 4.52 Å². The molecule has 4 nitrogen and oxygen atoms in total. The maximum absolute atomic E-state index is 10.2. The molecular formula is C20H19NO3. The molecule has 0 saturated heterocycles. The number of hydrogen-bond acceptors (Lipinski definition) is 4. The van der Waals surface area contributed by atoms with Gasteiger partial charge in [-0.05, 0) is 49.6 Å². The molecule has 1 fully saturated rings. The van der Waals surface area contributed by atoms with Crippen LogP contribution in [0.3, 0.4) is 0 Å². The Morgan fingerprint density at radius 3 is 2.46 bits per heavy atom. The summed E-state index contributed by atoms with van der Waals surface area (Å²) in [4.78, 5) is 0. The number of aliphatic hydroxyl groups is 1. The second kappa shape index (κ2) is 5.49. The van der Waals surface area contributed by atoms with Gasteiger partial charge in [-0.1, -0.05) is 29.4 Å². The van der Waals surface area contributed by atoms with Crippen LogP contribution in [0.2, 0.25) is 0 Å². The van der Waals surface area contributed by atoms with Gasteiger partial charge in [0.25, 0.3) is 0 Å². The molecule has 1 saturated carbocycles. The molecule has 122 valence electrons. The Bertz CT molecular complexity index is 861. The number of hydrogen-bond donors (Lipinski definition) is 2. The molecule has 1 aromatic heterocycles. The first-order chi connectivity index (χ1) is 11.6. The first-order valence-electron chi connectivity index (χ1n) is 8.14. The lowest BCUT2D eigenvalue weighted by Crippen LogP contribution is -2.23. The molecule has 1 aliphatic carbocycles. The van der Waals surface area contributed by atoms with Crippen molar-refractivity contribution in [3.63, 3.8) is 0 Å². The third-order valence-corrected chi connectivity index (χ3v) is 4.99. The van der Waals surface area contributed by atoms with Crippen LogP contribution in [0.15, 0.2) is 59.1 Å². The summed E-state index contributed by atoms with van der Waals surface area (Å²) in [5, 5.41) is 23.8. The third-order valence-electron chi connectivity index (χ3n) is 4.99. The van der Waals surface area contributed by atoms with Crippen LogP contribution in [0.4, 0.5) is 0 Å². The Labute approximate surface area is 140 Å². The number of benzene rings is 2. The van der Waals surface area contributed by atoms with Gasteiger partial charge in [0.1, 0.15) is 11.4 Å². The van der Waals surface area contributed by atoms with Crippen LogP contribution in [0.1, 0.15) is 25.3 Å². The lowest BCUT2D eigenvalue weighted by Gasteiger charge is -2.21. The summed E-state index contributed by atoms with van der Waals surface area (Å²) in [5.74, 6) is 0.918. The maximum atomic E-state index is 10.2. The van der Waals surface area contributed by atoms with Gasteiger partial charge in [-0.25, -0.2) is 0 Å². The van der Waals surface area contributed by atoms with Crippen molar-refractivity contribution in [2.24, 2.45) is 0 Å². The molecule has 0 amide bonds. The van der Waals surface area contributed by atoms with Crippen molar-refractivity contribution >= 4 is 0 Å². The minimum Gasteiger partial charge on any atom is -0.508 e. The predicted octanol–water partition coefficient (Wildman–Crippen LogP) is 4.13. The molecule has 0 unspecified atom stereocenters. The molecule has 2 N–H and O–H groups in total. The smallest absolute Gasteiger partial charge is 0.167 e. The zero-order valence-corrected chi connectivity index (χ0v) is 13.4. The van der Waals surface area contributed by atoms with E-state index in [9.17, 15) is 10.2 Å². The third kappa shape index (κ3) is 2.39. The number of phenols is 1. The van der Waals surface area contributed by atoms with Crippen LogP contribution >= 0.6 is 0 Å². The molecule has 4 heteroatoms. The minimum atomic E-state index is -0.391. The van der Waals surface area contributed by atoms with Crippen molar-refractivity contribution in [3.05, 3.63) is 60.2 Å². The van der Waals surface area contributed by atoms with E-state index in [1.807, 2.05) is 31.2 Å². The molecule has 0 radical (unpaired) electrons. The lowest BCUT2D eigenvalue weighted by atomic mass is 9.86. The van der Waals surface area contributed by atoms with Crippen LogP contribution in [0.25, 0.3) is 22.6 Å². The van der Waals surface area contributed by atoms with Crippen LogP contribution in [0.5, 0.6) is 5.75 Å². The van der Waals surface area contributed by atoms with Crippen molar-refractivity contribution < 1.29 is 14.7 Å². The second-order valence-electron chi connectivity index (χ2n) is 6.50. The zero-order valence-electron chi connectivity index (χ0n) is 13.4. The van der Waals surface area contributed by atoms with E-state index in [0.717, 1.165) is 35.2 Å². The normalized spacial score (nSPS) is 16.8. The van der Waals surface area contributed by atoms with Crippen LogP contribution < -0.4 is 0 Å². The topological polar surface area (TPSA) is 66.5 Å². The Hall–Kier alpha value is -2.59. The predicted molar refractivity (Wildman–Crippen MR) is 91.6 cm³/mol. The number of aromatic nitrogens is 1. The van der Waals surface area contributed by atoms with Gasteiger partial charge in [0, 0.05) is 22.6 Å². The van der Waals surface area contributed by atoms with Gasteiger partial charge in [0.05, 0.1) is 6.10 Å². The Morgan fingerprint density at radius 2 is 1.79 bits per heavy atom. The van der Waals surface area contributed by atoms with Gasteiger partial charge < -0.3 is 14.7 Å². The molecular weight excluding hydrogens is 302 g/mol. The number of phenolic OH excluding ortho intramolecular Hbond substituents is 1. The standard InChI is InChI=1S/C20H19NO3/c1-13(22)20(10-11-20)17-5-3-2-4-16(17)19-12-18(21-24-19)14-6-8-15(23)9-7-14/h2-9,12-13,22-23H,10-11H2,1H3/t13-/m1/s1. The van der Waals surface area contributed by atoms with Gasteiger partial charge in [0.2, 0.25) is 0 Å². The highest BCUT2D eigenvalue weighted by Crippen LogP contribution is 2.53. The summed E-state index contributed by atoms with van der Waals surface area (Å²) in [5.41, 5.74) is 3.54. The van der Waals surface area contributed by atoms with E-state index in [0.29, 0.717) is 5.76 Å². The van der Waals surface area contributed by atoms with E-state index in [1.165, 1.54) is 0 Å². The number of aliphatic hydroxyl groups excluding tert-OH is 1. The van der Waals surface area contributed by atoms with Gasteiger partial charge >= 0.3 is 0 Å². The van der Waals surface area contributed by atoms with Crippen molar-refractivity contribution in [1.29, 1.82) is 0 Å². The molecule has 4 rings (SSSR count). The van der Waals surface area contributed by atoms with Crippen molar-refractivity contribution in [1.82, 2.24) is 5.16 Å². The average molecular weight is 321 g/mol. The van der Waals surface area contributed by atoms with Gasteiger partial charge in [-0.3, -0.25) is 0 Å². The summed E-state index contributed by atoms with van der Waals surface area (Å²) < 4.78 is 5.58. The van der Waals surface area contributed by atoms with Gasteiger partial charge in [-0.15, -0.1) is 0 Å². The molecule has 2 aromatic carbocycles. The summed E-state index contributed by atoms with van der Waals surface area (Å²) in [6.45, 7) is 1.85. The largest absolute Gasteiger partial charge is 0.508 e.